The molecular formula is C20H28N4O4. The molecule has 1 aromatic rings. The van der Waals surface area contributed by atoms with Gasteiger partial charge in [-0.05, 0) is 30.5 Å². The number of amides is 2. The lowest BCUT2D eigenvalue weighted by atomic mass is 10.0. The van der Waals surface area contributed by atoms with Gasteiger partial charge in [-0.2, -0.15) is 5.26 Å². The number of nitrogens with one attached hydrogen (secondary N) is 2. The smallest absolute Gasteiger partial charge is 0.251 e. The molecule has 0 saturated carbocycles. The molecule has 1 atom stereocenters. The van der Waals surface area contributed by atoms with E-state index >= 15 is 0 Å². The summed E-state index contributed by atoms with van der Waals surface area (Å²) >= 11 is 0. The van der Waals surface area contributed by atoms with Crippen LogP contribution in [-0.4, -0.2) is 60.7 Å². The number of phenols is 1. The number of hydrogen-bond donors (Lipinski definition) is 3. The largest absolute Gasteiger partial charge is 0.508 e. The second-order valence-corrected chi connectivity index (χ2v) is 7.26. The van der Waals surface area contributed by atoms with Gasteiger partial charge in [0.25, 0.3) is 5.91 Å². The summed E-state index contributed by atoms with van der Waals surface area (Å²) < 4.78 is 5.33. The van der Waals surface area contributed by atoms with E-state index in [0.29, 0.717) is 37.3 Å². The Morgan fingerprint density at radius 2 is 2.04 bits per heavy atom. The first-order valence-corrected chi connectivity index (χ1v) is 9.48. The number of phenolic OH excluding ortho intramolecular Hbond substituents is 1. The van der Waals surface area contributed by atoms with Crippen molar-refractivity contribution in [1.29, 1.82) is 5.26 Å². The van der Waals surface area contributed by atoms with E-state index in [1.165, 1.54) is 12.1 Å². The van der Waals surface area contributed by atoms with Gasteiger partial charge >= 0.3 is 0 Å². The molecule has 2 amide bonds. The van der Waals surface area contributed by atoms with Crippen LogP contribution in [0.25, 0.3) is 0 Å². The molecule has 3 N–H and O–H groups in total. The zero-order valence-electron chi connectivity index (χ0n) is 16.4. The summed E-state index contributed by atoms with van der Waals surface area (Å²) in [6.45, 7) is 7.16. The van der Waals surface area contributed by atoms with Crippen LogP contribution in [0.15, 0.2) is 18.2 Å². The van der Waals surface area contributed by atoms with Crippen LogP contribution in [0, 0.1) is 17.2 Å². The minimum Gasteiger partial charge on any atom is -0.508 e. The third kappa shape index (κ3) is 6.51. The number of nitriles is 1. The molecule has 0 bridgehead atoms. The summed E-state index contributed by atoms with van der Waals surface area (Å²) in [5, 5.41) is 24.0. The average Bonchev–Trinajstić information content (AvgIpc) is 2.67. The van der Waals surface area contributed by atoms with Gasteiger partial charge in [0.2, 0.25) is 5.91 Å². The van der Waals surface area contributed by atoms with Crippen LogP contribution < -0.4 is 10.6 Å². The van der Waals surface area contributed by atoms with Crippen LogP contribution in [-0.2, 0) is 16.1 Å². The lowest BCUT2D eigenvalue weighted by molar-refractivity contribution is -0.123. The van der Waals surface area contributed by atoms with E-state index < -0.39 is 6.04 Å². The summed E-state index contributed by atoms with van der Waals surface area (Å²) in [6, 6.07) is 5.82. The van der Waals surface area contributed by atoms with Crippen LogP contribution in [0.4, 0.5) is 0 Å². The van der Waals surface area contributed by atoms with Crippen LogP contribution in [0.1, 0.15) is 36.2 Å². The zero-order chi connectivity index (χ0) is 20.5. The maximum absolute atomic E-state index is 12.7. The molecule has 8 nitrogen and oxygen atoms in total. The number of carbonyl (C=O) groups excluding carboxylic acids is 2. The number of hydrogen-bond acceptors (Lipinski definition) is 6. The van der Waals surface area contributed by atoms with Crippen LogP contribution in [0.2, 0.25) is 0 Å². The first kappa shape index (κ1) is 21.7. The van der Waals surface area contributed by atoms with Crippen molar-refractivity contribution in [2.75, 3.05) is 32.8 Å². The Morgan fingerprint density at radius 1 is 1.32 bits per heavy atom. The molecule has 2 rings (SSSR count). The predicted octanol–water partition coefficient (Wildman–Crippen LogP) is 1.01. The number of carbonyl (C=O) groups is 2. The van der Waals surface area contributed by atoms with Crippen molar-refractivity contribution in [3.8, 4) is 11.8 Å². The molecule has 8 heteroatoms. The zero-order valence-corrected chi connectivity index (χ0v) is 16.4. The Labute approximate surface area is 165 Å². The van der Waals surface area contributed by atoms with Crippen molar-refractivity contribution in [1.82, 2.24) is 15.5 Å². The van der Waals surface area contributed by atoms with Gasteiger partial charge in [-0.15, -0.1) is 0 Å². The Bertz CT molecular complexity index is 723. The Hall–Kier alpha value is -2.63. The topological polar surface area (TPSA) is 115 Å². The highest BCUT2D eigenvalue weighted by molar-refractivity contribution is 5.97. The van der Waals surface area contributed by atoms with Gasteiger partial charge in [0.15, 0.2) is 0 Å². The number of aromatic hydroxyl groups is 1. The number of nitrogens with zero attached hydrogens (tertiary/aromatic N) is 2. The SMILES string of the molecule is CC(C)C[C@H](NC(=O)c1ccc(O)c(CN2CCOCC2)c1)C(=O)NCC#N. The lowest BCUT2D eigenvalue weighted by Crippen LogP contribution is -2.47. The van der Waals surface area contributed by atoms with Gasteiger partial charge in [0.05, 0.1) is 19.3 Å². The van der Waals surface area contributed by atoms with Crippen molar-refractivity contribution in [3.63, 3.8) is 0 Å². The van der Waals surface area contributed by atoms with Gasteiger partial charge in [0.1, 0.15) is 18.3 Å². The molecule has 1 heterocycles. The Morgan fingerprint density at radius 3 is 2.68 bits per heavy atom. The Balaban J connectivity index is 2.09. The van der Waals surface area contributed by atoms with Crippen LogP contribution >= 0.6 is 0 Å². The fraction of sp³-hybridized carbons (Fsp3) is 0.550. The van der Waals surface area contributed by atoms with Gasteiger partial charge in [-0.25, -0.2) is 0 Å². The highest BCUT2D eigenvalue weighted by Gasteiger charge is 2.23. The van der Waals surface area contributed by atoms with E-state index in [2.05, 4.69) is 15.5 Å². The highest BCUT2D eigenvalue weighted by Crippen LogP contribution is 2.21. The van der Waals surface area contributed by atoms with E-state index in [-0.39, 0.29) is 30.0 Å². The number of benzene rings is 1. The van der Waals surface area contributed by atoms with Crippen molar-refractivity contribution in [3.05, 3.63) is 29.3 Å². The number of morpholine rings is 1. The van der Waals surface area contributed by atoms with Crippen molar-refractivity contribution in [2.24, 2.45) is 5.92 Å². The van der Waals surface area contributed by atoms with Crippen molar-refractivity contribution >= 4 is 11.8 Å². The summed E-state index contributed by atoms with van der Waals surface area (Å²) in [6.07, 6.45) is 0.460. The van der Waals surface area contributed by atoms with E-state index in [1.54, 1.807) is 6.07 Å². The maximum Gasteiger partial charge on any atom is 0.251 e. The van der Waals surface area contributed by atoms with E-state index in [1.807, 2.05) is 19.9 Å². The molecule has 1 aliphatic heterocycles. The predicted molar refractivity (Wildman–Crippen MR) is 104 cm³/mol. The fourth-order valence-corrected chi connectivity index (χ4v) is 3.05. The third-order valence-corrected chi connectivity index (χ3v) is 4.51. The molecule has 0 radical (unpaired) electrons. The summed E-state index contributed by atoms with van der Waals surface area (Å²) in [4.78, 5) is 27.1. The molecule has 152 valence electrons. The lowest BCUT2D eigenvalue weighted by Gasteiger charge is -2.27. The molecule has 1 fully saturated rings. The van der Waals surface area contributed by atoms with E-state index in [4.69, 9.17) is 10.00 Å². The molecular weight excluding hydrogens is 360 g/mol. The van der Waals surface area contributed by atoms with Crippen LogP contribution in [0.5, 0.6) is 5.75 Å². The summed E-state index contributed by atoms with van der Waals surface area (Å²) in [5.74, 6) is -0.444. The molecule has 1 saturated heterocycles. The first-order chi connectivity index (χ1) is 13.4. The van der Waals surface area contributed by atoms with Crippen LogP contribution in [0.3, 0.4) is 0 Å². The average molecular weight is 388 g/mol. The van der Waals surface area contributed by atoms with Gasteiger partial charge in [0, 0.05) is 30.8 Å². The number of ether oxygens (including phenoxy) is 1. The monoisotopic (exact) mass is 388 g/mol. The van der Waals surface area contributed by atoms with Crippen molar-refractivity contribution < 1.29 is 19.4 Å². The Kier molecular flexibility index (Phi) is 8.23. The maximum atomic E-state index is 12.7. The third-order valence-electron chi connectivity index (χ3n) is 4.51. The highest BCUT2D eigenvalue weighted by atomic mass is 16.5. The quantitative estimate of drug-likeness (QED) is 0.573. The minimum absolute atomic E-state index is 0.105. The summed E-state index contributed by atoms with van der Waals surface area (Å²) in [7, 11) is 0. The second-order valence-electron chi connectivity index (χ2n) is 7.26. The second kappa shape index (κ2) is 10.6. The molecule has 0 spiro atoms. The van der Waals surface area contributed by atoms with E-state index in [0.717, 1.165) is 13.1 Å². The van der Waals surface area contributed by atoms with Gasteiger partial charge < -0.3 is 20.5 Å². The molecule has 0 aromatic heterocycles. The molecule has 0 aliphatic carbocycles. The standard InChI is InChI=1S/C20H28N4O4/c1-14(2)11-17(20(27)22-6-5-21)23-19(26)15-3-4-18(25)16(12-15)13-24-7-9-28-10-8-24/h3-4,12,14,17,25H,6-11,13H2,1-2H3,(H,22,27)(H,23,26)/t17-/m0/s1. The van der Waals surface area contributed by atoms with E-state index in [9.17, 15) is 14.7 Å². The molecule has 1 aromatic carbocycles. The minimum atomic E-state index is -0.725. The summed E-state index contributed by atoms with van der Waals surface area (Å²) in [5.41, 5.74) is 1.03. The van der Waals surface area contributed by atoms with Crippen molar-refractivity contribution in [2.45, 2.75) is 32.9 Å². The number of rotatable bonds is 8. The molecule has 1 aliphatic rings. The molecule has 28 heavy (non-hydrogen) atoms. The van der Waals surface area contributed by atoms with Gasteiger partial charge in [-0.3, -0.25) is 14.5 Å². The first-order valence-electron chi connectivity index (χ1n) is 9.48. The molecule has 0 unspecified atom stereocenters. The normalized spacial score (nSPS) is 15.6. The van der Waals surface area contributed by atoms with Gasteiger partial charge in [-0.1, -0.05) is 13.8 Å². The fourth-order valence-electron chi connectivity index (χ4n) is 3.05.